The van der Waals surface area contributed by atoms with Gasteiger partial charge in [0.1, 0.15) is 11.6 Å². The van der Waals surface area contributed by atoms with Gasteiger partial charge in [-0.05, 0) is 34.9 Å². The fraction of sp³-hybridized carbons (Fsp3) is 0.143. The molecule has 1 aromatic heterocycles. The van der Waals surface area contributed by atoms with Crippen molar-refractivity contribution < 1.29 is 14.5 Å². The van der Waals surface area contributed by atoms with E-state index < -0.39 is 16.4 Å². The number of rotatable bonds is 10. The molecule has 0 aliphatic heterocycles. The number of non-ortho nitro benzene ring substituents is 1. The number of nitrogens with two attached hydrogens (primary N) is 1. The quantitative estimate of drug-likeness (QED) is 0.124. The van der Waals surface area contributed by atoms with Crippen molar-refractivity contribution >= 4 is 17.4 Å². The van der Waals surface area contributed by atoms with E-state index in [4.69, 9.17) is 15.9 Å². The number of nitro groups is 1. The number of carbonyl (C=O) groups is 1. The van der Waals surface area contributed by atoms with Gasteiger partial charge in [0, 0.05) is 35.4 Å². The molecule has 4 N–H and O–H groups in total. The largest absolute Gasteiger partial charge is 0.497 e. The lowest BCUT2D eigenvalue weighted by Crippen LogP contribution is -2.32. The maximum atomic E-state index is 13.6. The average molecular weight is 527 g/mol. The number of benzene rings is 3. The molecule has 39 heavy (non-hydrogen) atoms. The van der Waals surface area contributed by atoms with E-state index in [0.29, 0.717) is 22.4 Å². The third kappa shape index (κ3) is 6.52. The summed E-state index contributed by atoms with van der Waals surface area (Å²) in [5.41, 5.74) is 7.89. The Balaban J connectivity index is 1.65. The molecule has 0 atom stereocenters. The van der Waals surface area contributed by atoms with Crippen LogP contribution in [0, 0.1) is 15.5 Å². The standard InChI is InChI=1S/C28H26N6O5/c1-39-23-10-8-18(9-11-23)17-33-28(36)24(25(16-32-33)20-5-3-7-22(13-20)34(37)38)14-26(35)31-15-19-4-2-6-21(12-19)27(29)30/h2-13,16H,14-15,17H2,1H3,(H3,29,30)(H,31,35). The Morgan fingerprint density at radius 1 is 1.10 bits per heavy atom. The van der Waals surface area contributed by atoms with E-state index in [0.717, 1.165) is 11.1 Å². The lowest BCUT2D eigenvalue weighted by atomic mass is 10.00. The fourth-order valence-electron chi connectivity index (χ4n) is 4.02. The van der Waals surface area contributed by atoms with E-state index in [1.165, 1.54) is 29.1 Å². The van der Waals surface area contributed by atoms with Crippen molar-refractivity contribution in [3.8, 4) is 16.9 Å². The third-order valence-corrected chi connectivity index (χ3v) is 6.07. The van der Waals surface area contributed by atoms with Crippen molar-refractivity contribution in [1.82, 2.24) is 15.1 Å². The molecule has 0 fully saturated rings. The van der Waals surface area contributed by atoms with Gasteiger partial charge in [0.05, 0.1) is 31.2 Å². The third-order valence-electron chi connectivity index (χ3n) is 6.07. The van der Waals surface area contributed by atoms with Crippen molar-refractivity contribution in [3.63, 3.8) is 0 Å². The smallest absolute Gasteiger partial charge is 0.271 e. The molecule has 198 valence electrons. The summed E-state index contributed by atoms with van der Waals surface area (Å²) < 4.78 is 6.43. The van der Waals surface area contributed by atoms with Gasteiger partial charge in [0.15, 0.2) is 0 Å². The molecule has 11 nitrogen and oxygen atoms in total. The normalized spacial score (nSPS) is 10.6. The predicted octanol–water partition coefficient (Wildman–Crippen LogP) is 3.02. The molecule has 0 spiro atoms. The summed E-state index contributed by atoms with van der Waals surface area (Å²) in [6.45, 7) is 0.321. The monoisotopic (exact) mass is 526 g/mol. The number of nitrogens with zero attached hydrogens (tertiary/aromatic N) is 3. The SMILES string of the molecule is COc1ccc(Cn2ncc(-c3cccc([N+](=O)[O-])c3)c(CC(=O)NCc3cccc(C(=N)N)c3)c2=O)cc1. The topological polar surface area (TPSA) is 166 Å². The molecular formula is C28H26N6O5. The van der Waals surface area contributed by atoms with Crippen molar-refractivity contribution in [2.45, 2.75) is 19.5 Å². The van der Waals surface area contributed by atoms with Crippen LogP contribution in [0.25, 0.3) is 11.1 Å². The van der Waals surface area contributed by atoms with Crippen LogP contribution in [0.5, 0.6) is 5.75 Å². The van der Waals surface area contributed by atoms with Crippen LogP contribution in [0.1, 0.15) is 22.3 Å². The van der Waals surface area contributed by atoms with E-state index in [1.807, 2.05) is 12.1 Å². The molecule has 0 saturated carbocycles. The van der Waals surface area contributed by atoms with Crippen LogP contribution in [0.3, 0.4) is 0 Å². The Kier molecular flexibility index (Phi) is 8.10. The number of hydrogen-bond acceptors (Lipinski definition) is 7. The molecule has 0 aliphatic rings. The van der Waals surface area contributed by atoms with Gasteiger partial charge in [-0.1, -0.05) is 42.5 Å². The van der Waals surface area contributed by atoms with E-state index in [9.17, 15) is 19.7 Å². The second kappa shape index (κ2) is 11.8. The Bertz CT molecular complexity index is 1600. The Hall–Kier alpha value is -5.32. The van der Waals surface area contributed by atoms with Crippen LogP contribution >= 0.6 is 0 Å². The molecular weight excluding hydrogens is 500 g/mol. The first-order chi connectivity index (χ1) is 18.7. The van der Waals surface area contributed by atoms with E-state index in [2.05, 4.69) is 10.4 Å². The molecule has 3 aromatic carbocycles. The molecule has 0 radical (unpaired) electrons. The first-order valence-corrected chi connectivity index (χ1v) is 11.9. The second-order valence-corrected chi connectivity index (χ2v) is 8.72. The summed E-state index contributed by atoms with van der Waals surface area (Å²) in [6, 6.07) is 19.9. The second-order valence-electron chi connectivity index (χ2n) is 8.72. The lowest BCUT2D eigenvalue weighted by Gasteiger charge is -2.13. The highest BCUT2D eigenvalue weighted by atomic mass is 16.6. The van der Waals surface area contributed by atoms with Crippen LogP contribution < -0.4 is 21.3 Å². The van der Waals surface area contributed by atoms with E-state index in [1.54, 1.807) is 49.6 Å². The first kappa shape index (κ1) is 26.7. The van der Waals surface area contributed by atoms with Crippen molar-refractivity contribution in [2.24, 2.45) is 5.73 Å². The number of hydrogen-bond donors (Lipinski definition) is 3. The predicted molar refractivity (Wildman–Crippen MR) is 146 cm³/mol. The van der Waals surface area contributed by atoms with Gasteiger partial charge in [-0.3, -0.25) is 25.1 Å². The number of nitrogen functional groups attached to an aromatic ring is 1. The number of carbonyl (C=O) groups excluding carboxylic acids is 1. The number of nitrogens with one attached hydrogen (secondary N) is 2. The summed E-state index contributed by atoms with van der Waals surface area (Å²) in [5.74, 6) is 0.166. The minimum absolute atomic E-state index is 0.0843. The van der Waals surface area contributed by atoms with Gasteiger partial charge in [0.2, 0.25) is 5.91 Å². The number of amides is 1. The summed E-state index contributed by atoms with van der Waals surface area (Å²) >= 11 is 0. The molecule has 0 unspecified atom stereocenters. The molecule has 4 rings (SSSR count). The minimum atomic E-state index is -0.524. The summed E-state index contributed by atoms with van der Waals surface area (Å²) in [5, 5.41) is 26.0. The molecule has 1 amide bonds. The van der Waals surface area contributed by atoms with Crippen LogP contribution in [-0.2, 0) is 24.3 Å². The van der Waals surface area contributed by atoms with Gasteiger partial charge >= 0.3 is 0 Å². The Morgan fingerprint density at radius 2 is 1.85 bits per heavy atom. The zero-order valence-corrected chi connectivity index (χ0v) is 21.1. The molecule has 0 bridgehead atoms. The molecule has 11 heteroatoms. The molecule has 4 aromatic rings. The number of ether oxygens (including phenoxy) is 1. The van der Waals surface area contributed by atoms with Gasteiger partial charge < -0.3 is 15.8 Å². The van der Waals surface area contributed by atoms with Gasteiger partial charge in [-0.2, -0.15) is 5.10 Å². The summed E-state index contributed by atoms with van der Waals surface area (Å²) in [4.78, 5) is 37.4. The highest BCUT2D eigenvalue weighted by Crippen LogP contribution is 2.25. The van der Waals surface area contributed by atoms with Crippen molar-refractivity contribution in [1.29, 1.82) is 5.41 Å². The average Bonchev–Trinajstić information content (AvgIpc) is 2.94. The molecule has 1 heterocycles. The van der Waals surface area contributed by atoms with Crippen LogP contribution in [0.4, 0.5) is 5.69 Å². The fourth-order valence-corrected chi connectivity index (χ4v) is 4.02. The van der Waals surface area contributed by atoms with Crippen molar-refractivity contribution in [3.05, 3.63) is 122 Å². The number of nitro benzene ring substituents is 1. The van der Waals surface area contributed by atoms with Gasteiger partial charge in [-0.25, -0.2) is 4.68 Å². The minimum Gasteiger partial charge on any atom is -0.497 e. The van der Waals surface area contributed by atoms with Crippen molar-refractivity contribution in [2.75, 3.05) is 7.11 Å². The molecule has 0 saturated heterocycles. The number of aromatic nitrogens is 2. The zero-order valence-electron chi connectivity index (χ0n) is 21.1. The highest BCUT2D eigenvalue weighted by Gasteiger charge is 2.18. The van der Waals surface area contributed by atoms with Crippen LogP contribution in [0.15, 0.2) is 83.8 Å². The molecule has 0 aliphatic carbocycles. The zero-order chi connectivity index (χ0) is 27.9. The van der Waals surface area contributed by atoms with Gasteiger partial charge in [0.25, 0.3) is 11.2 Å². The maximum Gasteiger partial charge on any atom is 0.271 e. The highest BCUT2D eigenvalue weighted by molar-refractivity contribution is 5.95. The van der Waals surface area contributed by atoms with E-state index in [-0.39, 0.29) is 36.6 Å². The van der Waals surface area contributed by atoms with Crippen LogP contribution in [-0.4, -0.2) is 33.6 Å². The van der Waals surface area contributed by atoms with Gasteiger partial charge in [-0.15, -0.1) is 0 Å². The first-order valence-electron chi connectivity index (χ1n) is 11.9. The summed E-state index contributed by atoms with van der Waals surface area (Å²) in [6.07, 6.45) is 1.18. The lowest BCUT2D eigenvalue weighted by molar-refractivity contribution is -0.384. The Labute approximate surface area is 223 Å². The number of amidine groups is 1. The summed E-state index contributed by atoms with van der Waals surface area (Å²) in [7, 11) is 1.56. The Morgan fingerprint density at radius 3 is 2.54 bits per heavy atom. The number of methoxy groups -OCH3 is 1. The maximum absolute atomic E-state index is 13.6. The van der Waals surface area contributed by atoms with E-state index >= 15 is 0 Å². The van der Waals surface area contributed by atoms with Crippen LogP contribution in [0.2, 0.25) is 0 Å².